The molecule has 2 fully saturated rings. The summed E-state index contributed by atoms with van der Waals surface area (Å²) in [5.41, 5.74) is -0.298. The molecule has 0 radical (unpaired) electrons. The van der Waals surface area contributed by atoms with Gasteiger partial charge in [-0.2, -0.15) is 0 Å². The molecule has 2 atom stereocenters. The lowest BCUT2D eigenvalue weighted by atomic mass is 9.86. The Balaban J connectivity index is 1.69. The summed E-state index contributed by atoms with van der Waals surface area (Å²) in [7, 11) is 2.11. The van der Waals surface area contributed by atoms with Gasteiger partial charge < -0.3 is 16.0 Å². The molecule has 6 nitrogen and oxygen atoms in total. The molecular formula is C23H44N4O2. The van der Waals surface area contributed by atoms with Gasteiger partial charge in [0, 0.05) is 35.2 Å². The minimum Gasteiger partial charge on any atom is -0.356 e. The number of unbranched alkanes of at least 4 members (excludes halogenated alkanes) is 1. The molecule has 2 aliphatic heterocycles. The molecule has 2 heterocycles. The number of hydrogen-bond acceptors (Lipinski definition) is 4. The van der Waals surface area contributed by atoms with Crippen molar-refractivity contribution in [1.29, 1.82) is 0 Å². The normalized spacial score (nSPS) is 29.6. The van der Waals surface area contributed by atoms with Crippen LogP contribution in [0.1, 0.15) is 81.1 Å². The third kappa shape index (κ3) is 5.32. The van der Waals surface area contributed by atoms with Crippen molar-refractivity contribution in [3.8, 4) is 0 Å². The van der Waals surface area contributed by atoms with E-state index in [9.17, 15) is 9.59 Å². The molecule has 0 aromatic heterocycles. The first-order valence-corrected chi connectivity index (χ1v) is 11.2. The molecule has 3 N–H and O–H groups in total. The van der Waals surface area contributed by atoms with Gasteiger partial charge in [-0.3, -0.25) is 14.5 Å². The molecule has 29 heavy (non-hydrogen) atoms. The molecule has 0 bridgehead atoms. The fourth-order valence-electron chi connectivity index (χ4n) is 5.43. The van der Waals surface area contributed by atoms with Gasteiger partial charge in [-0.1, -0.05) is 0 Å². The molecule has 168 valence electrons. The second-order valence-electron chi connectivity index (χ2n) is 11.6. The summed E-state index contributed by atoms with van der Waals surface area (Å²) in [6.45, 7) is 18.5. The highest BCUT2D eigenvalue weighted by molar-refractivity contribution is 5.81. The topological polar surface area (TPSA) is 73.5 Å². The van der Waals surface area contributed by atoms with Crippen molar-refractivity contribution < 1.29 is 9.59 Å². The lowest BCUT2D eigenvalue weighted by Gasteiger charge is -2.38. The number of carbonyl (C=O) groups is 2. The van der Waals surface area contributed by atoms with E-state index in [-0.39, 0.29) is 45.8 Å². The number of nitrogens with zero attached hydrogens (tertiary/aromatic N) is 1. The lowest BCUT2D eigenvalue weighted by molar-refractivity contribution is -0.127. The fraction of sp³-hybridized carbons (Fsp3) is 0.913. The van der Waals surface area contributed by atoms with Gasteiger partial charge in [0.25, 0.3) is 0 Å². The summed E-state index contributed by atoms with van der Waals surface area (Å²) in [5.74, 6) is 0.275. The Morgan fingerprint density at radius 2 is 1.34 bits per heavy atom. The Hall–Kier alpha value is -1.14. The van der Waals surface area contributed by atoms with Crippen LogP contribution in [-0.2, 0) is 9.59 Å². The highest BCUT2D eigenvalue weighted by Crippen LogP contribution is 2.43. The molecule has 0 spiro atoms. The fourth-order valence-corrected chi connectivity index (χ4v) is 5.43. The van der Waals surface area contributed by atoms with Gasteiger partial charge in [0.2, 0.25) is 11.8 Å². The van der Waals surface area contributed by atoms with Crippen LogP contribution in [-0.4, -0.2) is 59.0 Å². The molecule has 2 amide bonds. The summed E-state index contributed by atoms with van der Waals surface area (Å²) in [6.07, 6.45) is 3.47. The monoisotopic (exact) mass is 408 g/mol. The third-order valence-electron chi connectivity index (χ3n) is 7.41. The van der Waals surface area contributed by atoms with E-state index >= 15 is 0 Å². The zero-order chi connectivity index (χ0) is 22.3. The first kappa shape index (κ1) is 24.1. The van der Waals surface area contributed by atoms with E-state index in [1.54, 1.807) is 0 Å². The Bertz CT molecular complexity index is 624. The van der Waals surface area contributed by atoms with E-state index < -0.39 is 0 Å². The first-order valence-electron chi connectivity index (χ1n) is 11.2. The van der Waals surface area contributed by atoms with Crippen LogP contribution in [0.25, 0.3) is 0 Å². The van der Waals surface area contributed by atoms with E-state index in [4.69, 9.17) is 0 Å². The summed E-state index contributed by atoms with van der Waals surface area (Å²) < 4.78 is 0. The summed E-state index contributed by atoms with van der Waals surface area (Å²) in [5, 5.41) is 9.76. The largest absolute Gasteiger partial charge is 0.356 e. The number of carbonyl (C=O) groups excluding carboxylic acids is 2. The zero-order valence-corrected chi connectivity index (χ0v) is 20.2. The van der Waals surface area contributed by atoms with Crippen LogP contribution in [0.5, 0.6) is 0 Å². The number of rotatable bonds is 7. The van der Waals surface area contributed by atoms with Crippen LogP contribution in [0, 0.1) is 11.8 Å². The van der Waals surface area contributed by atoms with Gasteiger partial charge in [0.05, 0.1) is 11.8 Å². The minimum absolute atomic E-state index is 0.00246. The Labute approximate surface area is 177 Å². The molecule has 0 aliphatic carbocycles. The predicted molar refractivity (Wildman–Crippen MR) is 119 cm³/mol. The molecular weight excluding hydrogens is 364 g/mol. The van der Waals surface area contributed by atoms with Gasteiger partial charge in [0.15, 0.2) is 0 Å². The summed E-state index contributed by atoms with van der Waals surface area (Å²) >= 11 is 0. The Morgan fingerprint density at radius 1 is 0.862 bits per heavy atom. The maximum Gasteiger partial charge on any atom is 0.225 e. The van der Waals surface area contributed by atoms with Gasteiger partial charge >= 0.3 is 0 Å². The number of amides is 2. The second-order valence-corrected chi connectivity index (χ2v) is 11.6. The summed E-state index contributed by atoms with van der Waals surface area (Å²) in [6, 6.07) is 0. The van der Waals surface area contributed by atoms with E-state index in [2.05, 4.69) is 83.3 Å². The standard InChI is InChI=1S/C23H44N4O2/c1-20(2)14-16(22(5,6)26-20)18(28)24-12-10-11-13-25-19(29)17-15-21(3,4)27(9)23(17,7)8/h16-17,26H,10-15H2,1-9H3,(H,24,28)(H,25,29). The van der Waals surface area contributed by atoms with Crippen molar-refractivity contribution in [2.24, 2.45) is 11.8 Å². The average Bonchev–Trinajstić information content (AvgIpc) is 2.90. The van der Waals surface area contributed by atoms with Crippen molar-refractivity contribution >= 4 is 11.8 Å². The van der Waals surface area contributed by atoms with Crippen molar-refractivity contribution in [1.82, 2.24) is 20.9 Å². The maximum absolute atomic E-state index is 12.7. The Kier molecular flexibility index (Phi) is 6.81. The predicted octanol–water partition coefficient (Wildman–Crippen LogP) is 2.67. The number of hydrogen-bond donors (Lipinski definition) is 3. The van der Waals surface area contributed by atoms with Crippen molar-refractivity contribution in [2.75, 3.05) is 20.1 Å². The van der Waals surface area contributed by atoms with Crippen molar-refractivity contribution in [3.05, 3.63) is 0 Å². The van der Waals surface area contributed by atoms with Crippen molar-refractivity contribution in [3.63, 3.8) is 0 Å². The van der Waals surface area contributed by atoms with E-state index in [0.29, 0.717) is 13.1 Å². The average molecular weight is 409 g/mol. The minimum atomic E-state index is -0.184. The highest BCUT2D eigenvalue weighted by Gasteiger charge is 2.52. The molecule has 0 aromatic carbocycles. The summed E-state index contributed by atoms with van der Waals surface area (Å²) in [4.78, 5) is 27.6. The van der Waals surface area contributed by atoms with Gasteiger partial charge in [-0.05, 0) is 88.1 Å². The van der Waals surface area contributed by atoms with E-state index in [1.807, 2.05) is 0 Å². The third-order valence-corrected chi connectivity index (χ3v) is 7.41. The number of nitrogens with one attached hydrogen (secondary N) is 3. The first-order chi connectivity index (χ1) is 13.1. The highest BCUT2D eigenvalue weighted by atomic mass is 16.2. The number of likely N-dealkylation sites (tertiary alicyclic amines) is 1. The molecule has 0 saturated carbocycles. The molecule has 0 aromatic rings. The van der Waals surface area contributed by atoms with E-state index in [0.717, 1.165) is 25.7 Å². The van der Waals surface area contributed by atoms with Crippen LogP contribution in [0.2, 0.25) is 0 Å². The van der Waals surface area contributed by atoms with Crippen LogP contribution in [0.15, 0.2) is 0 Å². The molecule has 2 rings (SSSR count). The molecule has 6 heteroatoms. The van der Waals surface area contributed by atoms with Gasteiger partial charge in [-0.15, -0.1) is 0 Å². The lowest BCUT2D eigenvalue weighted by Crippen LogP contribution is -2.49. The van der Waals surface area contributed by atoms with Crippen LogP contribution in [0.4, 0.5) is 0 Å². The molecule has 2 aliphatic rings. The molecule has 2 saturated heterocycles. The molecule has 2 unspecified atom stereocenters. The Morgan fingerprint density at radius 3 is 1.72 bits per heavy atom. The van der Waals surface area contributed by atoms with Crippen molar-refractivity contribution in [2.45, 2.75) is 103 Å². The smallest absolute Gasteiger partial charge is 0.225 e. The van der Waals surface area contributed by atoms with Crippen LogP contribution in [0.3, 0.4) is 0 Å². The maximum atomic E-state index is 12.7. The SMILES string of the molecule is CN1C(C)(C)CC(C(=O)NCCCCNC(=O)C2CC(C)(C)NC2(C)C)C1(C)C. The van der Waals surface area contributed by atoms with E-state index in [1.165, 1.54) is 0 Å². The quantitative estimate of drug-likeness (QED) is 0.566. The van der Waals surface area contributed by atoms with Gasteiger partial charge in [0.1, 0.15) is 0 Å². The van der Waals surface area contributed by atoms with Gasteiger partial charge in [-0.25, -0.2) is 0 Å². The van der Waals surface area contributed by atoms with Crippen LogP contribution < -0.4 is 16.0 Å². The zero-order valence-electron chi connectivity index (χ0n) is 20.2. The van der Waals surface area contributed by atoms with Crippen LogP contribution >= 0.6 is 0 Å². The second kappa shape index (κ2) is 8.18.